The number of benzene rings is 1. The molecular weight excluding hydrogens is 256 g/mol. The van der Waals surface area contributed by atoms with Crippen molar-refractivity contribution in [2.75, 3.05) is 25.9 Å². The van der Waals surface area contributed by atoms with E-state index in [-0.39, 0.29) is 5.91 Å². The van der Waals surface area contributed by atoms with Crippen LogP contribution < -0.4 is 5.73 Å². The van der Waals surface area contributed by atoms with Gasteiger partial charge in [0.1, 0.15) is 0 Å². The van der Waals surface area contributed by atoms with Gasteiger partial charge in [0.15, 0.2) is 0 Å². The Kier molecular flexibility index (Phi) is 5.28. The molecule has 2 N–H and O–H groups in total. The minimum Gasteiger partial charge on any atom is -0.339 e. The van der Waals surface area contributed by atoms with Crippen molar-refractivity contribution < 1.29 is 4.79 Å². The largest absolute Gasteiger partial charge is 0.339 e. The fraction of sp³-hybridized carbons (Fsp3) is 0.533. The van der Waals surface area contributed by atoms with Gasteiger partial charge in [0, 0.05) is 23.5 Å². The topological polar surface area (TPSA) is 46.3 Å². The molecule has 104 valence electrons. The van der Waals surface area contributed by atoms with E-state index in [9.17, 15) is 4.79 Å². The molecule has 0 saturated carbocycles. The lowest BCUT2D eigenvalue weighted by Gasteiger charge is -2.32. The summed E-state index contributed by atoms with van der Waals surface area (Å²) in [4.78, 5) is 15.5. The van der Waals surface area contributed by atoms with Gasteiger partial charge < -0.3 is 10.6 Å². The Bertz CT molecular complexity index is 411. The van der Waals surface area contributed by atoms with Gasteiger partial charge >= 0.3 is 0 Å². The normalized spacial score (nSPS) is 16.6. The molecule has 0 atom stereocenters. The second-order valence-electron chi connectivity index (χ2n) is 5.04. The lowest BCUT2D eigenvalue weighted by molar-refractivity contribution is 0.0688. The van der Waals surface area contributed by atoms with Gasteiger partial charge in [-0.25, -0.2) is 0 Å². The van der Waals surface area contributed by atoms with E-state index in [1.165, 1.54) is 4.90 Å². The monoisotopic (exact) mass is 278 g/mol. The van der Waals surface area contributed by atoms with Crippen LogP contribution in [0, 0.1) is 5.92 Å². The van der Waals surface area contributed by atoms with E-state index >= 15 is 0 Å². The molecule has 1 saturated heterocycles. The highest BCUT2D eigenvalue weighted by Crippen LogP contribution is 2.22. The van der Waals surface area contributed by atoms with E-state index in [1.54, 1.807) is 11.8 Å². The number of nitrogens with two attached hydrogens (primary N) is 1. The predicted octanol–water partition coefficient (Wildman–Crippen LogP) is 2.61. The van der Waals surface area contributed by atoms with Gasteiger partial charge in [-0.05, 0) is 62.2 Å². The first-order valence-corrected chi connectivity index (χ1v) is 8.10. The molecule has 0 bridgehead atoms. The van der Waals surface area contributed by atoms with Crippen LogP contribution in [0.3, 0.4) is 0 Å². The van der Waals surface area contributed by atoms with Crippen LogP contribution in [0.5, 0.6) is 0 Å². The lowest BCUT2D eigenvalue weighted by Crippen LogP contribution is -2.38. The summed E-state index contributed by atoms with van der Waals surface area (Å²) in [7, 11) is 0. The Morgan fingerprint density at radius 3 is 2.47 bits per heavy atom. The van der Waals surface area contributed by atoms with Crippen LogP contribution >= 0.6 is 11.8 Å². The quantitative estimate of drug-likeness (QED) is 0.861. The summed E-state index contributed by atoms with van der Waals surface area (Å²) in [6, 6.07) is 7.89. The SMILES string of the molecule is CSc1ccc(C(=O)N2CCC(CCN)CC2)cc1. The third-order valence-corrected chi connectivity index (χ3v) is 4.56. The molecule has 1 fully saturated rings. The van der Waals surface area contributed by atoms with E-state index in [0.29, 0.717) is 5.92 Å². The number of thioether (sulfide) groups is 1. The number of carbonyl (C=O) groups excluding carboxylic acids is 1. The van der Waals surface area contributed by atoms with Crippen LogP contribution in [0.15, 0.2) is 29.2 Å². The number of piperidine rings is 1. The van der Waals surface area contributed by atoms with Crippen molar-refractivity contribution in [1.82, 2.24) is 4.90 Å². The molecule has 3 nitrogen and oxygen atoms in total. The van der Waals surface area contributed by atoms with Crippen LogP contribution in [-0.2, 0) is 0 Å². The van der Waals surface area contributed by atoms with Crippen molar-refractivity contribution in [2.24, 2.45) is 11.7 Å². The number of nitrogens with zero attached hydrogens (tertiary/aromatic N) is 1. The summed E-state index contributed by atoms with van der Waals surface area (Å²) in [5, 5.41) is 0. The predicted molar refractivity (Wildman–Crippen MR) is 80.5 cm³/mol. The Morgan fingerprint density at radius 1 is 1.32 bits per heavy atom. The van der Waals surface area contributed by atoms with Crippen LogP contribution in [0.25, 0.3) is 0 Å². The minimum absolute atomic E-state index is 0.166. The van der Waals surface area contributed by atoms with E-state index in [4.69, 9.17) is 5.73 Å². The molecule has 0 unspecified atom stereocenters. The molecule has 2 rings (SSSR count). The number of rotatable bonds is 4. The van der Waals surface area contributed by atoms with Crippen molar-refractivity contribution >= 4 is 17.7 Å². The maximum atomic E-state index is 12.4. The standard InChI is InChI=1S/C15H22N2OS/c1-19-14-4-2-13(3-5-14)15(18)17-10-7-12(6-9-16)8-11-17/h2-5,12H,6-11,16H2,1H3. The third kappa shape index (κ3) is 3.74. The molecule has 19 heavy (non-hydrogen) atoms. The van der Waals surface area contributed by atoms with E-state index < -0.39 is 0 Å². The summed E-state index contributed by atoms with van der Waals surface area (Å²) in [5.41, 5.74) is 6.39. The second-order valence-corrected chi connectivity index (χ2v) is 5.92. The van der Waals surface area contributed by atoms with Crippen molar-refractivity contribution in [2.45, 2.75) is 24.2 Å². The molecule has 1 aromatic rings. The summed E-state index contributed by atoms with van der Waals surface area (Å²) < 4.78 is 0. The Balaban J connectivity index is 1.93. The van der Waals surface area contributed by atoms with Crippen molar-refractivity contribution in [3.8, 4) is 0 Å². The zero-order chi connectivity index (χ0) is 13.7. The minimum atomic E-state index is 0.166. The highest BCUT2D eigenvalue weighted by Gasteiger charge is 2.22. The van der Waals surface area contributed by atoms with Gasteiger partial charge in [-0.15, -0.1) is 11.8 Å². The molecule has 1 aliphatic rings. The van der Waals surface area contributed by atoms with E-state index in [2.05, 4.69) is 0 Å². The van der Waals surface area contributed by atoms with Crippen LogP contribution in [0.1, 0.15) is 29.6 Å². The molecule has 1 aromatic carbocycles. The second kappa shape index (κ2) is 6.96. The number of likely N-dealkylation sites (tertiary alicyclic amines) is 1. The Morgan fingerprint density at radius 2 is 1.95 bits per heavy atom. The first-order chi connectivity index (χ1) is 9.24. The van der Waals surface area contributed by atoms with Gasteiger partial charge in [-0.3, -0.25) is 4.79 Å². The number of hydrogen-bond acceptors (Lipinski definition) is 3. The van der Waals surface area contributed by atoms with E-state index in [0.717, 1.165) is 44.5 Å². The van der Waals surface area contributed by atoms with Gasteiger partial charge in [-0.1, -0.05) is 0 Å². The number of hydrogen-bond donors (Lipinski definition) is 1. The van der Waals surface area contributed by atoms with Gasteiger partial charge in [0.2, 0.25) is 0 Å². The zero-order valence-electron chi connectivity index (χ0n) is 11.5. The van der Waals surface area contributed by atoms with Gasteiger partial charge in [0.05, 0.1) is 0 Å². The Labute approximate surface area is 119 Å². The smallest absolute Gasteiger partial charge is 0.253 e. The first kappa shape index (κ1) is 14.4. The van der Waals surface area contributed by atoms with Crippen LogP contribution in [0.2, 0.25) is 0 Å². The van der Waals surface area contributed by atoms with Gasteiger partial charge in [-0.2, -0.15) is 0 Å². The average Bonchev–Trinajstić information content (AvgIpc) is 2.48. The maximum Gasteiger partial charge on any atom is 0.253 e. The summed E-state index contributed by atoms with van der Waals surface area (Å²) in [6.07, 6.45) is 5.31. The zero-order valence-corrected chi connectivity index (χ0v) is 12.3. The molecule has 4 heteroatoms. The van der Waals surface area contributed by atoms with Crippen molar-refractivity contribution in [1.29, 1.82) is 0 Å². The lowest BCUT2D eigenvalue weighted by atomic mass is 9.93. The molecule has 1 heterocycles. The van der Waals surface area contributed by atoms with E-state index in [1.807, 2.05) is 35.4 Å². The molecule has 0 radical (unpaired) electrons. The highest BCUT2D eigenvalue weighted by atomic mass is 32.2. The number of carbonyl (C=O) groups is 1. The van der Waals surface area contributed by atoms with Crippen molar-refractivity contribution in [3.05, 3.63) is 29.8 Å². The average molecular weight is 278 g/mol. The maximum absolute atomic E-state index is 12.4. The van der Waals surface area contributed by atoms with Crippen molar-refractivity contribution in [3.63, 3.8) is 0 Å². The fourth-order valence-corrected chi connectivity index (χ4v) is 2.98. The summed E-state index contributed by atoms with van der Waals surface area (Å²) in [5.74, 6) is 0.867. The summed E-state index contributed by atoms with van der Waals surface area (Å²) in [6.45, 7) is 2.50. The molecular formula is C15H22N2OS. The number of amides is 1. The molecule has 0 aromatic heterocycles. The Hall–Kier alpha value is -1.00. The van der Waals surface area contributed by atoms with Crippen LogP contribution in [-0.4, -0.2) is 36.7 Å². The molecule has 1 amide bonds. The molecule has 0 spiro atoms. The van der Waals surface area contributed by atoms with Gasteiger partial charge in [0.25, 0.3) is 5.91 Å². The summed E-state index contributed by atoms with van der Waals surface area (Å²) >= 11 is 1.69. The first-order valence-electron chi connectivity index (χ1n) is 6.88. The molecule has 1 aliphatic heterocycles. The molecule has 0 aliphatic carbocycles. The highest BCUT2D eigenvalue weighted by molar-refractivity contribution is 7.98. The fourth-order valence-electron chi connectivity index (χ4n) is 2.58. The third-order valence-electron chi connectivity index (χ3n) is 3.81. The van der Waals surface area contributed by atoms with Crippen LogP contribution in [0.4, 0.5) is 0 Å².